The first-order valence-corrected chi connectivity index (χ1v) is 7.14. The minimum atomic E-state index is 0.163. The van der Waals surface area contributed by atoms with E-state index in [1.807, 2.05) is 6.92 Å². The van der Waals surface area contributed by atoms with Crippen LogP contribution in [0.15, 0.2) is 0 Å². The second kappa shape index (κ2) is 8.06. The molecule has 3 atom stereocenters. The molecule has 0 saturated carbocycles. The lowest BCUT2D eigenvalue weighted by Crippen LogP contribution is -2.40. The fourth-order valence-electron chi connectivity index (χ4n) is 2.62. The highest BCUT2D eigenvalue weighted by Gasteiger charge is 2.22. The van der Waals surface area contributed by atoms with Crippen molar-refractivity contribution in [1.29, 1.82) is 0 Å². The summed E-state index contributed by atoms with van der Waals surface area (Å²) in [6, 6.07) is 0.163. The van der Waals surface area contributed by atoms with Gasteiger partial charge in [-0.15, -0.1) is 0 Å². The van der Waals surface area contributed by atoms with Crippen LogP contribution in [0.5, 0.6) is 0 Å². The molecule has 0 bridgehead atoms. The van der Waals surface area contributed by atoms with E-state index < -0.39 is 0 Å². The molecule has 3 nitrogen and oxygen atoms in total. The molecule has 2 N–H and O–H groups in total. The van der Waals surface area contributed by atoms with Crippen LogP contribution in [-0.4, -0.2) is 31.5 Å². The van der Waals surface area contributed by atoms with Crippen LogP contribution in [0, 0.1) is 5.92 Å². The first-order chi connectivity index (χ1) is 8.15. The second-order valence-electron chi connectivity index (χ2n) is 5.39. The molecule has 1 saturated heterocycles. The van der Waals surface area contributed by atoms with Gasteiger partial charge in [0.2, 0.25) is 0 Å². The van der Waals surface area contributed by atoms with E-state index in [0.29, 0.717) is 12.0 Å². The van der Waals surface area contributed by atoms with Crippen LogP contribution in [0.1, 0.15) is 52.9 Å². The monoisotopic (exact) mass is 243 g/mol. The van der Waals surface area contributed by atoms with Crippen LogP contribution in [0.4, 0.5) is 0 Å². The van der Waals surface area contributed by atoms with Gasteiger partial charge in [-0.3, -0.25) is 0 Å². The predicted molar refractivity (Wildman–Crippen MR) is 71.1 cm³/mol. The predicted octanol–water partition coefficient (Wildman–Crippen LogP) is 2.72. The van der Waals surface area contributed by atoms with E-state index in [2.05, 4.69) is 13.8 Å². The van der Waals surface area contributed by atoms with Crippen molar-refractivity contribution in [1.82, 2.24) is 0 Å². The van der Waals surface area contributed by atoms with Gasteiger partial charge in [-0.25, -0.2) is 0 Å². The zero-order chi connectivity index (χ0) is 12.7. The van der Waals surface area contributed by atoms with Crippen molar-refractivity contribution in [2.24, 2.45) is 11.7 Å². The smallest absolute Gasteiger partial charge is 0.0748 e. The van der Waals surface area contributed by atoms with Crippen LogP contribution < -0.4 is 5.73 Å². The van der Waals surface area contributed by atoms with Crippen molar-refractivity contribution in [3.8, 4) is 0 Å². The molecule has 1 aliphatic heterocycles. The van der Waals surface area contributed by atoms with E-state index in [1.165, 1.54) is 12.8 Å². The highest BCUT2D eigenvalue weighted by atomic mass is 16.5. The van der Waals surface area contributed by atoms with Crippen molar-refractivity contribution in [2.75, 3.05) is 13.2 Å². The summed E-state index contributed by atoms with van der Waals surface area (Å²) in [4.78, 5) is 0. The normalized spacial score (nSPS) is 24.2. The third kappa shape index (κ3) is 5.36. The summed E-state index contributed by atoms with van der Waals surface area (Å²) >= 11 is 0. The number of hydrogen-bond donors (Lipinski definition) is 1. The molecule has 102 valence electrons. The number of rotatable bonds is 8. The van der Waals surface area contributed by atoms with Crippen molar-refractivity contribution in [3.05, 3.63) is 0 Å². The van der Waals surface area contributed by atoms with Gasteiger partial charge in [0.1, 0.15) is 0 Å². The minimum Gasteiger partial charge on any atom is -0.378 e. The van der Waals surface area contributed by atoms with Crippen LogP contribution in [0.2, 0.25) is 0 Å². The van der Waals surface area contributed by atoms with Crippen LogP contribution >= 0.6 is 0 Å². The summed E-state index contributed by atoms with van der Waals surface area (Å²) in [6.07, 6.45) is 6.50. The highest BCUT2D eigenvalue weighted by molar-refractivity contribution is 4.77. The Morgan fingerprint density at radius 1 is 1.41 bits per heavy atom. The molecule has 0 aromatic rings. The van der Waals surface area contributed by atoms with Crippen LogP contribution in [0.25, 0.3) is 0 Å². The number of hydrogen-bond acceptors (Lipinski definition) is 3. The van der Waals surface area contributed by atoms with Crippen molar-refractivity contribution >= 4 is 0 Å². The van der Waals surface area contributed by atoms with E-state index in [4.69, 9.17) is 15.2 Å². The number of ether oxygens (including phenoxy) is 2. The average molecular weight is 243 g/mol. The second-order valence-corrected chi connectivity index (χ2v) is 5.39. The molecule has 1 rings (SSSR count). The maximum absolute atomic E-state index is 6.22. The van der Waals surface area contributed by atoms with Gasteiger partial charge in [-0.05, 0) is 44.9 Å². The Kier molecular flexibility index (Phi) is 7.09. The minimum absolute atomic E-state index is 0.163. The SMILES string of the molecule is CCOC(C(C)C)C(N)CCCC1CCCO1. The molecule has 0 aliphatic carbocycles. The van der Waals surface area contributed by atoms with E-state index >= 15 is 0 Å². The van der Waals surface area contributed by atoms with E-state index in [-0.39, 0.29) is 12.1 Å². The lowest BCUT2D eigenvalue weighted by Gasteiger charge is -2.27. The molecule has 0 radical (unpaired) electrons. The largest absolute Gasteiger partial charge is 0.378 e. The van der Waals surface area contributed by atoms with Gasteiger partial charge in [0, 0.05) is 19.3 Å². The standard InChI is InChI=1S/C14H29NO2/c1-4-16-14(11(2)3)13(15)9-5-7-12-8-6-10-17-12/h11-14H,4-10,15H2,1-3H3. The quantitative estimate of drug-likeness (QED) is 0.713. The van der Waals surface area contributed by atoms with Gasteiger partial charge < -0.3 is 15.2 Å². The Balaban J connectivity index is 2.18. The molecule has 1 heterocycles. The van der Waals surface area contributed by atoms with E-state index in [1.54, 1.807) is 0 Å². The highest BCUT2D eigenvalue weighted by Crippen LogP contribution is 2.20. The molecular formula is C14H29NO2. The first kappa shape index (κ1) is 14.9. The fourth-order valence-corrected chi connectivity index (χ4v) is 2.62. The van der Waals surface area contributed by atoms with Crippen molar-refractivity contribution < 1.29 is 9.47 Å². The molecule has 1 aliphatic rings. The average Bonchev–Trinajstić information content (AvgIpc) is 2.78. The lowest BCUT2D eigenvalue weighted by molar-refractivity contribution is 0.00930. The third-order valence-corrected chi connectivity index (χ3v) is 3.53. The van der Waals surface area contributed by atoms with Gasteiger partial charge in [-0.2, -0.15) is 0 Å². The molecule has 3 unspecified atom stereocenters. The lowest BCUT2D eigenvalue weighted by atomic mass is 9.95. The molecule has 0 aromatic carbocycles. The zero-order valence-electron chi connectivity index (χ0n) is 11.7. The fraction of sp³-hybridized carbons (Fsp3) is 1.00. The number of nitrogens with two attached hydrogens (primary N) is 1. The summed E-state index contributed by atoms with van der Waals surface area (Å²) < 4.78 is 11.3. The Labute approximate surface area is 106 Å². The van der Waals surface area contributed by atoms with E-state index in [0.717, 1.165) is 32.5 Å². The molecular weight excluding hydrogens is 214 g/mol. The van der Waals surface area contributed by atoms with Gasteiger partial charge in [-0.1, -0.05) is 13.8 Å². The molecule has 3 heteroatoms. The summed E-state index contributed by atoms with van der Waals surface area (Å²) in [5.74, 6) is 0.493. The molecule has 0 amide bonds. The van der Waals surface area contributed by atoms with Crippen LogP contribution in [0.3, 0.4) is 0 Å². The van der Waals surface area contributed by atoms with Crippen molar-refractivity contribution in [3.63, 3.8) is 0 Å². The Hall–Kier alpha value is -0.120. The molecule has 17 heavy (non-hydrogen) atoms. The molecule has 1 fully saturated rings. The Morgan fingerprint density at radius 3 is 2.71 bits per heavy atom. The Bertz CT molecular complexity index is 191. The summed E-state index contributed by atoms with van der Waals surface area (Å²) in [7, 11) is 0. The maximum Gasteiger partial charge on any atom is 0.0748 e. The molecule has 0 spiro atoms. The molecule has 0 aromatic heterocycles. The zero-order valence-corrected chi connectivity index (χ0v) is 11.7. The Morgan fingerprint density at radius 2 is 2.18 bits per heavy atom. The third-order valence-electron chi connectivity index (χ3n) is 3.53. The van der Waals surface area contributed by atoms with Gasteiger partial charge in [0.15, 0.2) is 0 Å². The maximum atomic E-state index is 6.22. The van der Waals surface area contributed by atoms with Crippen LogP contribution in [-0.2, 0) is 9.47 Å². The first-order valence-electron chi connectivity index (χ1n) is 7.14. The van der Waals surface area contributed by atoms with Gasteiger partial charge in [0.05, 0.1) is 12.2 Å². The van der Waals surface area contributed by atoms with E-state index in [9.17, 15) is 0 Å². The summed E-state index contributed by atoms with van der Waals surface area (Å²) in [6.45, 7) is 8.10. The van der Waals surface area contributed by atoms with Gasteiger partial charge in [0.25, 0.3) is 0 Å². The van der Waals surface area contributed by atoms with Crippen molar-refractivity contribution in [2.45, 2.75) is 71.1 Å². The topological polar surface area (TPSA) is 44.5 Å². The summed E-state index contributed by atoms with van der Waals surface area (Å²) in [5.41, 5.74) is 6.22. The summed E-state index contributed by atoms with van der Waals surface area (Å²) in [5, 5.41) is 0. The van der Waals surface area contributed by atoms with Gasteiger partial charge >= 0.3 is 0 Å².